The van der Waals surface area contributed by atoms with E-state index in [0.717, 1.165) is 176 Å². The van der Waals surface area contributed by atoms with Crippen molar-refractivity contribution in [3.05, 3.63) is 446 Å². The van der Waals surface area contributed by atoms with E-state index in [1.807, 2.05) is 24.3 Å². The van der Waals surface area contributed by atoms with E-state index in [0.29, 0.717) is 37.6 Å². The predicted molar refractivity (Wildman–Crippen MR) is 512 cm³/mol. The average Bonchev–Trinajstić information content (AvgIpc) is 1.34. The molecule has 0 aliphatic carbocycles. The molecular weight excluding hydrogens is 1640 g/mol. The molecule has 8 nitrogen and oxygen atoms in total. The Labute approximate surface area is 741 Å². The monoisotopic (exact) mass is 1720 g/mol. The Bertz CT molecular complexity index is 7320. The van der Waals surface area contributed by atoms with Crippen molar-refractivity contribution < 1.29 is 45.3 Å². The molecule has 4 aromatic heterocycles. The van der Waals surface area contributed by atoms with Crippen molar-refractivity contribution in [2.45, 2.75) is 39.6 Å². The number of fused-ring (bicyclic) bond motifs is 12. The summed E-state index contributed by atoms with van der Waals surface area (Å²) < 4.78 is 110. The van der Waals surface area contributed by atoms with E-state index in [1.54, 1.807) is 46.9 Å². The fourth-order valence-electron chi connectivity index (χ4n) is 17.5. The molecular formula is C112H76F6N4O4S2. The maximum Gasteiger partial charge on any atom is 0.342 e. The quantitative estimate of drug-likeness (QED) is 0.0398. The molecule has 4 heterocycles. The summed E-state index contributed by atoms with van der Waals surface area (Å²) in [5.74, 6) is 0. The van der Waals surface area contributed by atoms with Gasteiger partial charge in [0.2, 0.25) is 0 Å². The van der Waals surface area contributed by atoms with Gasteiger partial charge < -0.3 is 37.9 Å². The van der Waals surface area contributed by atoms with Gasteiger partial charge in [-0.15, -0.1) is 22.7 Å². The van der Waals surface area contributed by atoms with Crippen LogP contribution in [-0.2, 0) is 58.6 Å². The van der Waals surface area contributed by atoms with Gasteiger partial charge in [0.25, 0.3) is 0 Å². The van der Waals surface area contributed by atoms with Crippen molar-refractivity contribution in [3.8, 4) is 55.9 Å². The Morgan fingerprint density at radius 1 is 0.234 bits per heavy atom. The highest BCUT2D eigenvalue weighted by Gasteiger charge is 2.24. The molecule has 0 saturated carbocycles. The summed E-state index contributed by atoms with van der Waals surface area (Å²) >= 11 is 3.47. The summed E-state index contributed by atoms with van der Waals surface area (Å²) in [7, 11) is 0. The second kappa shape index (κ2) is 34.8. The fourth-order valence-corrected chi connectivity index (χ4v) is 19.9. The largest absolute Gasteiger partial charge is 0.462 e. The lowest BCUT2D eigenvalue weighted by Gasteiger charge is -2.26. The van der Waals surface area contributed by atoms with Gasteiger partial charge in [-0.2, -0.15) is 26.3 Å². The van der Waals surface area contributed by atoms with Gasteiger partial charge in [0.15, 0.2) is 0 Å². The maximum atomic E-state index is 13.6. The normalized spacial score (nSPS) is 11.6. The van der Waals surface area contributed by atoms with E-state index in [1.165, 1.54) is 20.2 Å². The Kier molecular flexibility index (Phi) is 21.8. The Balaban J connectivity index is 0.432. The minimum atomic E-state index is -2.49. The lowest BCUT2D eigenvalue weighted by molar-refractivity contribution is 0.105. The number of anilines is 6. The highest BCUT2D eigenvalue weighted by Crippen LogP contribution is 2.49. The van der Waals surface area contributed by atoms with E-state index in [2.05, 4.69) is 359 Å². The second-order valence-electron chi connectivity index (χ2n) is 31.7. The molecule has 0 N–H and O–H groups in total. The lowest BCUT2D eigenvalue weighted by Crippen LogP contribution is -2.10. The summed E-state index contributed by atoms with van der Waals surface area (Å²) in [4.78, 5) is 4.40. The van der Waals surface area contributed by atoms with Crippen LogP contribution in [0.4, 0.5) is 60.5 Å². The van der Waals surface area contributed by atoms with Crippen LogP contribution in [0.15, 0.2) is 412 Å². The SMILES string of the molecule is FC(F)=C(F)OCc1ccc(N(c2ccc(-c3ccc4c(c3)c3ccccc3n4-c3ccc(-c4ccc(COCc5ccc(COCc6ccc(-c7ccc(-n8c9ccccc9c9cc(-c%10ccc(N(c%11ccc(COC(F)=C(F)F)cc%11)c%11cccc%12c%11sc%11ccccc%11%12)cc%10)ccc98)cc7)cc6)cc5)cc4)cc3)cc2)c2cccc3c2sc2ccccc23)cc1. The molecule has 0 amide bonds. The van der Waals surface area contributed by atoms with Crippen LogP contribution in [0.1, 0.15) is 33.4 Å². The van der Waals surface area contributed by atoms with Crippen LogP contribution >= 0.6 is 22.7 Å². The van der Waals surface area contributed by atoms with Gasteiger partial charge in [-0.25, -0.2) is 0 Å². The van der Waals surface area contributed by atoms with Crippen LogP contribution in [0.25, 0.3) is 140 Å². The Morgan fingerprint density at radius 3 is 0.859 bits per heavy atom. The molecule has 0 fully saturated rings. The smallest absolute Gasteiger partial charge is 0.342 e. The van der Waals surface area contributed by atoms with E-state index in [4.69, 9.17) is 18.9 Å². The number of halogens is 6. The maximum absolute atomic E-state index is 13.6. The number of benzene rings is 17. The highest BCUT2D eigenvalue weighted by atomic mass is 32.1. The van der Waals surface area contributed by atoms with E-state index in [-0.39, 0.29) is 13.2 Å². The van der Waals surface area contributed by atoms with Crippen molar-refractivity contribution in [1.29, 1.82) is 0 Å². The topological polar surface area (TPSA) is 53.3 Å². The number of hydrogen-bond donors (Lipinski definition) is 0. The van der Waals surface area contributed by atoms with Gasteiger partial charge in [0.05, 0.1) is 69.3 Å². The molecule has 0 radical (unpaired) electrons. The zero-order valence-corrected chi connectivity index (χ0v) is 70.3. The van der Waals surface area contributed by atoms with Crippen LogP contribution in [0, 0.1) is 0 Å². The summed E-state index contributed by atoms with van der Waals surface area (Å²) in [6.07, 6.45) is -4.97. The van der Waals surface area contributed by atoms with Gasteiger partial charge in [0, 0.05) is 86.6 Å². The fraction of sp³-hybridized carbons (Fsp3) is 0.0536. The molecule has 0 atom stereocenters. The third-order valence-electron chi connectivity index (χ3n) is 23.9. The Morgan fingerprint density at radius 2 is 0.500 bits per heavy atom. The molecule has 21 aromatic rings. The first-order chi connectivity index (χ1) is 62.9. The second-order valence-corrected chi connectivity index (χ2v) is 33.8. The van der Waals surface area contributed by atoms with Crippen molar-refractivity contribution in [3.63, 3.8) is 0 Å². The molecule has 21 rings (SSSR count). The third-order valence-corrected chi connectivity index (χ3v) is 26.3. The van der Waals surface area contributed by atoms with Crippen LogP contribution in [-0.4, -0.2) is 9.13 Å². The number of rotatable bonds is 26. The van der Waals surface area contributed by atoms with E-state index in [9.17, 15) is 26.3 Å². The van der Waals surface area contributed by atoms with Crippen molar-refractivity contribution >= 4 is 141 Å². The number of ether oxygens (including phenoxy) is 4. The van der Waals surface area contributed by atoms with E-state index < -0.39 is 24.2 Å². The van der Waals surface area contributed by atoms with Gasteiger partial charge in [0.1, 0.15) is 13.2 Å². The molecule has 16 heteroatoms. The minimum absolute atomic E-state index is 0.335. The highest BCUT2D eigenvalue weighted by molar-refractivity contribution is 7.26. The number of nitrogens with zero attached hydrogens (tertiary/aromatic N) is 4. The zero-order chi connectivity index (χ0) is 86.3. The zero-order valence-electron chi connectivity index (χ0n) is 68.7. The average molecular weight is 1720 g/mol. The molecule has 0 saturated heterocycles. The first kappa shape index (κ1) is 80.1. The van der Waals surface area contributed by atoms with E-state index >= 15 is 0 Å². The van der Waals surface area contributed by atoms with Gasteiger partial charge >= 0.3 is 24.2 Å². The van der Waals surface area contributed by atoms with Gasteiger partial charge in [-0.3, -0.25) is 0 Å². The first-order valence-electron chi connectivity index (χ1n) is 42.1. The van der Waals surface area contributed by atoms with Crippen molar-refractivity contribution in [1.82, 2.24) is 9.13 Å². The predicted octanol–water partition coefficient (Wildman–Crippen LogP) is 32.8. The number of para-hydroxylation sites is 2. The summed E-state index contributed by atoms with van der Waals surface area (Å²) in [5, 5.41) is 9.25. The molecule has 17 aromatic carbocycles. The molecule has 0 spiro atoms. The molecule has 0 aliphatic heterocycles. The molecule has 0 aliphatic rings. The van der Waals surface area contributed by atoms with Crippen molar-refractivity contribution in [2.75, 3.05) is 9.80 Å². The third kappa shape index (κ3) is 15.8. The van der Waals surface area contributed by atoms with Gasteiger partial charge in [-0.05, 0) is 211 Å². The lowest BCUT2D eigenvalue weighted by atomic mass is 10.0. The van der Waals surface area contributed by atoms with Gasteiger partial charge in [-0.1, -0.05) is 255 Å². The molecule has 0 unspecified atom stereocenters. The molecule has 0 bridgehead atoms. The minimum Gasteiger partial charge on any atom is -0.462 e. The molecule has 128 heavy (non-hydrogen) atoms. The van der Waals surface area contributed by atoms with Crippen LogP contribution in [0.2, 0.25) is 0 Å². The Hall–Kier alpha value is -15.0. The summed E-state index contributed by atoms with van der Waals surface area (Å²) in [6.45, 7) is 1.26. The summed E-state index contributed by atoms with van der Waals surface area (Å²) in [6, 6.07) is 131. The standard InChI is InChI=1S/C112H76F6N4O4S2/c113-109(114)111(117)125-69-75-31-49-85(50-32-75)119(103-19-9-15-95-93-13-3-7-21-105(93)127-107(95)103)87-53-43-81(44-54-87)83-47-61-101-97(63-83)91-11-1-5-17-99(91)121(101)89-57-39-79(40-58-89)77-35-27-73(28-36-77)67-123-65-71-23-25-72(26-24-71)66-124-68-74-29-37-78(38-30-74)80-41-59-90(60-42-80)122-100-18-6-2-12-92(100)98-64-84(48-62-102(98)122)82-45-55-88(56-46-82)120(86-51-33-76(34-52-86)70-126-112(118)110(115)116)104-20-10-16-96-94-14-4-8-22-106(94)128-108(96)104/h1-64H,65-70H2. The number of hydrogen-bond acceptors (Lipinski definition) is 8. The van der Waals surface area contributed by atoms with Crippen LogP contribution < -0.4 is 9.80 Å². The first-order valence-corrected chi connectivity index (χ1v) is 43.7. The summed E-state index contributed by atoms with van der Waals surface area (Å²) in [5.41, 5.74) is 26.3. The van der Waals surface area contributed by atoms with Crippen LogP contribution in [0.3, 0.4) is 0 Å². The molecule has 622 valence electrons. The van der Waals surface area contributed by atoms with Crippen molar-refractivity contribution in [2.24, 2.45) is 0 Å². The number of aromatic nitrogens is 2. The van der Waals surface area contributed by atoms with Crippen LogP contribution in [0.5, 0.6) is 0 Å². The number of thiophene rings is 2.